The summed E-state index contributed by atoms with van der Waals surface area (Å²) in [5.41, 5.74) is 1.41. The minimum Gasteiger partial charge on any atom is -0.205 e. The van der Waals surface area contributed by atoms with E-state index in [1.165, 1.54) is 12.0 Å². The third kappa shape index (κ3) is 2.34. The Balaban J connectivity index is 2.66. The molecule has 0 amide bonds. The summed E-state index contributed by atoms with van der Waals surface area (Å²) in [6.07, 6.45) is 6.65. The molecule has 1 nitrogen and oxygen atoms in total. The van der Waals surface area contributed by atoms with Gasteiger partial charge in [0.1, 0.15) is 6.54 Å². The highest BCUT2D eigenvalue weighted by Gasteiger charge is 1.96. The van der Waals surface area contributed by atoms with E-state index in [2.05, 4.69) is 42.9 Å². The van der Waals surface area contributed by atoms with Gasteiger partial charge in [-0.3, -0.25) is 0 Å². The molecule has 0 spiro atoms. The lowest BCUT2D eigenvalue weighted by molar-refractivity contribution is -0.697. The maximum Gasteiger partial charge on any atom is 0.169 e. The highest BCUT2D eigenvalue weighted by molar-refractivity contribution is 5.06. The Morgan fingerprint density at radius 2 is 1.82 bits per heavy atom. The van der Waals surface area contributed by atoms with Crippen LogP contribution >= 0.6 is 0 Å². The van der Waals surface area contributed by atoms with Gasteiger partial charge in [-0.05, 0) is 12.0 Å². The normalized spacial score (nSPS) is 10.0. The Morgan fingerprint density at radius 3 is 2.27 bits per heavy atom. The molecule has 0 radical (unpaired) electrons. The number of aromatic nitrogens is 1. The van der Waals surface area contributed by atoms with Crippen LogP contribution in [0.3, 0.4) is 0 Å². The lowest BCUT2D eigenvalue weighted by atomic mass is 10.2. The molecular weight excluding hydrogens is 134 g/mol. The van der Waals surface area contributed by atoms with Crippen molar-refractivity contribution in [2.45, 2.75) is 33.2 Å². The van der Waals surface area contributed by atoms with Crippen molar-refractivity contribution < 1.29 is 4.57 Å². The number of pyridine rings is 1. The zero-order chi connectivity index (χ0) is 8.10. The summed E-state index contributed by atoms with van der Waals surface area (Å²) in [6, 6.07) is 4.38. The molecule has 0 atom stereocenters. The molecule has 60 valence electrons. The topological polar surface area (TPSA) is 3.88 Å². The van der Waals surface area contributed by atoms with Crippen molar-refractivity contribution in [1.29, 1.82) is 0 Å². The maximum absolute atomic E-state index is 2.22. The third-order valence-electron chi connectivity index (χ3n) is 1.85. The molecular formula is C10H16N+. The first-order valence-electron chi connectivity index (χ1n) is 4.34. The van der Waals surface area contributed by atoms with Crippen LogP contribution in [0.1, 0.15) is 25.8 Å². The molecule has 1 rings (SSSR count). The molecule has 11 heavy (non-hydrogen) atoms. The SMILES string of the molecule is CCC[n+]1ccc(CC)cc1. The van der Waals surface area contributed by atoms with Gasteiger partial charge >= 0.3 is 0 Å². The van der Waals surface area contributed by atoms with Crippen LogP contribution in [0.15, 0.2) is 24.5 Å². The van der Waals surface area contributed by atoms with Gasteiger partial charge in [0.05, 0.1) is 0 Å². The monoisotopic (exact) mass is 150 g/mol. The van der Waals surface area contributed by atoms with Crippen LogP contribution in [0.4, 0.5) is 0 Å². The van der Waals surface area contributed by atoms with E-state index in [9.17, 15) is 0 Å². The molecule has 0 aromatic carbocycles. The molecule has 0 aliphatic carbocycles. The average molecular weight is 150 g/mol. The van der Waals surface area contributed by atoms with E-state index in [0.717, 1.165) is 13.0 Å². The standard InChI is InChI=1S/C10H16N/c1-3-7-11-8-5-10(4-2)6-9-11/h5-6,8-9H,3-4,7H2,1-2H3/q+1. The quantitative estimate of drug-likeness (QED) is 0.580. The zero-order valence-electron chi connectivity index (χ0n) is 7.38. The Morgan fingerprint density at radius 1 is 1.18 bits per heavy atom. The number of hydrogen-bond acceptors (Lipinski definition) is 0. The Kier molecular flexibility index (Phi) is 3.09. The van der Waals surface area contributed by atoms with Gasteiger partial charge in [-0.1, -0.05) is 13.8 Å². The fraction of sp³-hybridized carbons (Fsp3) is 0.500. The van der Waals surface area contributed by atoms with E-state index < -0.39 is 0 Å². The minimum atomic E-state index is 1.13. The average Bonchev–Trinajstić information content (AvgIpc) is 2.07. The first-order chi connectivity index (χ1) is 5.36. The summed E-state index contributed by atoms with van der Waals surface area (Å²) in [5, 5.41) is 0. The Hall–Kier alpha value is -0.850. The fourth-order valence-electron chi connectivity index (χ4n) is 1.13. The first-order valence-corrected chi connectivity index (χ1v) is 4.34. The molecule has 1 heterocycles. The van der Waals surface area contributed by atoms with Gasteiger partial charge < -0.3 is 0 Å². The van der Waals surface area contributed by atoms with E-state index in [4.69, 9.17) is 0 Å². The summed E-state index contributed by atoms with van der Waals surface area (Å²) < 4.78 is 2.22. The summed E-state index contributed by atoms with van der Waals surface area (Å²) in [5.74, 6) is 0. The van der Waals surface area contributed by atoms with Gasteiger partial charge in [0, 0.05) is 18.6 Å². The van der Waals surface area contributed by atoms with Crippen LogP contribution < -0.4 is 4.57 Å². The second-order valence-corrected chi connectivity index (χ2v) is 2.80. The van der Waals surface area contributed by atoms with Gasteiger partial charge in [-0.2, -0.15) is 0 Å². The van der Waals surface area contributed by atoms with Crippen molar-refractivity contribution in [3.8, 4) is 0 Å². The lowest BCUT2D eigenvalue weighted by Gasteiger charge is -1.94. The van der Waals surface area contributed by atoms with Crippen LogP contribution in [0, 0.1) is 0 Å². The molecule has 1 heteroatoms. The summed E-state index contributed by atoms with van der Waals surface area (Å²) in [4.78, 5) is 0. The summed E-state index contributed by atoms with van der Waals surface area (Å²) in [6.45, 7) is 5.50. The second kappa shape index (κ2) is 4.12. The number of hydrogen-bond donors (Lipinski definition) is 0. The van der Waals surface area contributed by atoms with Gasteiger partial charge in [0.25, 0.3) is 0 Å². The van der Waals surface area contributed by atoms with Crippen molar-refractivity contribution >= 4 is 0 Å². The lowest BCUT2D eigenvalue weighted by Crippen LogP contribution is -2.32. The maximum atomic E-state index is 2.22. The van der Waals surface area contributed by atoms with Crippen LogP contribution in [0.5, 0.6) is 0 Å². The van der Waals surface area contributed by atoms with Crippen molar-refractivity contribution in [2.75, 3.05) is 0 Å². The van der Waals surface area contributed by atoms with Gasteiger partial charge in [-0.15, -0.1) is 0 Å². The van der Waals surface area contributed by atoms with Crippen LogP contribution in [-0.4, -0.2) is 0 Å². The van der Waals surface area contributed by atoms with Gasteiger partial charge in [0.15, 0.2) is 12.4 Å². The molecule has 0 saturated heterocycles. The second-order valence-electron chi connectivity index (χ2n) is 2.80. The molecule has 0 fully saturated rings. The summed E-state index contributed by atoms with van der Waals surface area (Å²) >= 11 is 0. The Labute approximate surface area is 68.7 Å². The van der Waals surface area contributed by atoms with E-state index >= 15 is 0 Å². The van der Waals surface area contributed by atoms with Crippen molar-refractivity contribution in [3.05, 3.63) is 30.1 Å². The smallest absolute Gasteiger partial charge is 0.169 e. The van der Waals surface area contributed by atoms with Gasteiger partial charge in [0.2, 0.25) is 0 Å². The fourth-order valence-corrected chi connectivity index (χ4v) is 1.13. The molecule has 0 unspecified atom stereocenters. The van der Waals surface area contributed by atoms with E-state index in [1.807, 2.05) is 0 Å². The predicted octanol–water partition coefficient (Wildman–Crippen LogP) is 1.95. The Bertz CT molecular complexity index is 201. The highest BCUT2D eigenvalue weighted by Crippen LogP contribution is 1.94. The van der Waals surface area contributed by atoms with Crippen LogP contribution in [0.2, 0.25) is 0 Å². The highest BCUT2D eigenvalue weighted by atomic mass is 14.9. The summed E-state index contributed by atoms with van der Waals surface area (Å²) in [7, 11) is 0. The molecule has 1 aromatic heterocycles. The number of nitrogens with zero attached hydrogens (tertiary/aromatic N) is 1. The van der Waals surface area contributed by atoms with Crippen molar-refractivity contribution in [2.24, 2.45) is 0 Å². The number of aryl methyl sites for hydroxylation is 2. The largest absolute Gasteiger partial charge is 0.205 e. The van der Waals surface area contributed by atoms with Crippen LogP contribution in [0.25, 0.3) is 0 Å². The zero-order valence-corrected chi connectivity index (χ0v) is 7.38. The third-order valence-corrected chi connectivity index (χ3v) is 1.85. The van der Waals surface area contributed by atoms with Crippen LogP contribution in [-0.2, 0) is 13.0 Å². The molecule has 0 saturated carbocycles. The molecule has 0 aliphatic heterocycles. The molecule has 1 aromatic rings. The molecule has 0 N–H and O–H groups in total. The first kappa shape index (κ1) is 8.25. The molecule has 0 aliphatic rings. The molecule has 0 bridgehead atoms. The van der Waals surface area contributed by atoms with Crippen molar-refractivity contribution in [3.63, 3.8) is 0 Å². The van der Waals surface area contributed by atoms with E-state index in [1.54, 1.807) is 0 Å². The predicted molar refractivity (Wildman–Crippen MR) is 46.3 cm³/mol. The van der Waals surface area contributed by atoms with E-state index in [-0.39, 0.29) is 0 Å². The van der Waals surface area contributed by atoms with Crippen molar-refractivity contribution in [1.82, 2.24) is 0 Å². The van der Waals surface area contributed by atoms with Gasteiger partial charge in [-0.25, -0.2) is 4.57 Å². The number of rotatable bonds is 3. The minimum absolute atomic E-state index is 1.13. The van der Waals surface area contributed by atoms with E-state index in [0.29, 0.717) is 0 Å².